The van der Waals surface area contributed by atoms with Gasteiger partial charge in [-0.3, -0.25) is 4.79 Å². The van der Waals surface area contributed by atoms with Crippen LogP contribution in [-0.2, 0) is 4.79 Å². The van der Waals surface area contributed by atoms with Crippen LogP contribution in [0.25, 0.3) is 0 Å². The Hall–Kier alpha value is -1.86. The molecule has 3 nitrogen and oxygen atoms in total. The van der Waals surface area contributed by atoms with Gasteiger partial charge in [-0.2, -0.15) is 0 Å². The maximum atomic E-state index is 13.9. The smallest absolute Gasteiger partial charge is 0.230 e. The van der Waals surface area contributed by atoms with Gasteiger partial charge in [0.25, 0.3) is 0 Å². The molecule has 2 N–H and O–H groups in total. The Morgan fingerprint density at radius 2 is 2.14 bits per heavy atom. The highest BCUT2D eigenvalue weighted by Crippen LogP contribution is 2.38. The van der Waals surface area contributed by atoms with Crippen molar-refractivity contribution in [3.8, 4) is 11.8 Å². The van der Waals surface area contributed by atoms with E-state index in [1.807, 2.05) is 6.92 Å². The number of carbonyl (C=O) groups excluding carboxylic acids is 1. The lowest BCUT2D eigenvalue weighted by Crippen LogP contribution is -2.30. The first-order chi connectivity index (χ1) is 10.0. The number of anilines is 1. The Morgan fingerprint density at radius 3 is 2.76 bits per heavy atom. The second-order valence-electron chi connectivity index (χ2n) is 5.69. The lowest BCUT2D eigenvalue weighted by molar-refractivity contribution is -0.124. The van der Waals surface area contributed by atoms with Crippen molar-refractivity contribution >= 4 is 11.6 Å². The monoisotopic (exact) mass is 289 g/mol. The quantitative estimate of drug-likeness (QED) is 0.840. The average Bonchev–Trinajstić information content (AvgIpc) is 2.90. The van der Waals surface area contributed by atoms with Crippen LogP contribution in [0.5, 0.6) is 0 Å². The number of halogens is 1. The molecule has 0 aromatic heterocycles. The molecule has 0 bridgehead atoms. The van der Waals surface area contributed by atoms with Crippen molar-refractivity contribution in [1.82, 2.24) is 0 Å². The Kier molecular flexibility index (Phi) is 4.98. The number of nitrogens with one attached hydrogen (secondary N) is 1. The molecular formula is C17H20FNO2. The van der Waals surface area contributed by atoms with Crippen molar-refractivity contribution in [1.29, 1.82) is 0 Å². The molecular weight excluding hydrogens is 269 g/mol. The number of aliphatic hydroxyl groups excluding tert-OH is 1. The fraction of sp³-hybridized carbons (Fsp3) is 0.471. The van der Waals surface area contributed by atoms with Gasteiger partial charge in [0.15, 0.2) is 0 Å². The van der Waals surface area contributed by atoms with E-state index in [9.17, 15) is 9.18 Å². The van der Waals surface area contributed by atoms with Crippen molar-refractivity contribution in [2.24, 2.45) is 5.41 Å². The molecule has 21 heavy (non-hydrogen) atoms. The third-order valence-corrected chi connectivity index (χ3v) is 3.94. The summed E-state index contributed by atoms with van der Waals surface area (Å²) < 4.78 is 13.9. The van der Waals surface area contributed by atoms with Gasteiger partial charge in [-0.15, -0.1) is 0 Å². The molecule has 0 heterocycles. The number of amides is 1. The van der Waals surface area contributed by atoms with Gasteiger partial charge in [-0.25, -0.2) is 4.39 Å². The molecule has 0 atom stereocenters. The summed E-state index contributed by atoms with van der Waals surface area (Å²) in [5, 5.41) is 11.4. The Morgan fingerprint density at radius 1 is 1.43 bits per heavy atom. The second-order valence-corrected chi connectivity index (χ2v) is 5.69. The predicted octanol–water partition coefficient (Wildman–Crippen LogP) is 3.08. The highest BCUT2D eigenvalue weighted by Gasteiger charge is 2.36. The minimum Gasteiger partial charge on any atom is -0.395 e. The van der Waals surface area contributed by atoms with Crippen LogP contribution >= 0.6 is 0 Å². The second kappa shape index (κ2) is 6.73. The molecule has 1 saturated carbocycles. The van der Waals surface area contributed by atoms with E-state index < -0.39 is 5.82 Å². The molecule has 112 valence electrons. The Balaban J connectivity index is 2.07. The lowest BCUT2D eigenvalue weighted by Gasteiger charge is -2.22. The lowest BCUT2D eigenvalue weighted by atomic mass is 9.88. The average molecular weight is 289 g/mol. The molecule has 1 aromatic carbocycles. The van der Waals surface area contributed by atoms with E-state index in [1.165, 1.54) is 6.07 Å². The molecule has 1 amide bonds. The maximum absolute atomic E-state index is 13.9. The van der Waals surface area contributed by atoms with Crippen molar-refractivity contribution in [3.05, 3.63) is 29.6 Å². The van der Waals surface area contributed by atoms with Crippen LogP contribution in [0.4, 0.5) is 10.1 Å². The van der Waals surface area contributed by atoms with Gasteiger partial charge in [0.1, 0.15) is 5.82 Å². The van der Waals surface area contributed by atoms with Crippen LogP contribution in [0.15, 0.2) is 18.2 Å². The molecule has 0 saturated heterocycles. The Bertz CT molecular complexity index is 580. The molecule has 1 aliphatic rings. The number of hydrogen-bond acceptors (Lipinski definition) is 2. The van der Waals surface area contributed by atoms with Crippen LogP contribution in [0.3, 0.4) is 0 Å². The van der Waals surface area contributed by atoms with Crippen molar-refractivity contribution in [2.45, 2.75) is 39.0 Å². The molecule has 0 radical (unpaired) electrons. The van der Waals surface area contributed by atoms with Gasteiger partial charge >= 0.3 is 0 Å². The fourth-order valence-corrected chi connectivity index (χ4v) is 2.57. The van der Waals surface area contributed by atoms with Gasteiger partial charge in [0.05, 0.1) is 12.2 Å². The number of carbonyl (C=O) groups is 1. The molecule has 1 aliphatic carbocycles. The van der Waals surface area contributed by atoms with Crippen molar-refractivity contribution in [2.75, 3.05) is 11.9 Å². The molecule has 1 aromatic rings. The van der Waals surface area contributed by atoms with E-state index in [-0.39, 0.29) is 23.5 Å². The van der Waals surface area contributed by atoms with Gasteiger partial charge < -0.3 is 10.4 Å². The standard InChI is InChI=1S/C17H20FNO2/c1-17(9-3-4-10-17)16(21)19-14-8-7-13(15(18)12-14)6-2-5-11-20/h7-8,12,20H,3-5,9-11H2,1H3,(H,19,21). The van der Waals surface area contributed by atoms with Crippen LogP contribution in [0.2, 0.25) is 0 Å². The van der Waals surface area contributed by atoms with Crippen LogP contribution in [0, 0.1) is 23.1 Å². The minimum atomic E-state index is -0.463. The predicted molar refractivity (Wildman–Crippen MR) is 80.2 cm³/mol. The van der Waals surface area contributed by atoms with E-state index >= 15 is 0 Å². The zero-order valence-electron chi connectivity index (χ0n) is 12.2. The minimum absolute atomic E-state index is 0.0403. The summed E-state index contributed by atoms with van der Waals surface area (Å²) in [6.45, 7) is 1.92. The van der Waals surface area contributed by atoms with Gasteiger partial charge in [0.2, 0.25) is 5.91 Å². The summed E-state index contributed by atoms with van der Waals surface area (Å²) in [6, 6.07) is 4.49. The summed E-state index contributed by atoms with van der Waals surface area (Å²) in [6.07, 6.45) is 4.21. The highest BCUT2D eigenvalue weighted by molar-refractivity contribution is 5.95. The molecule has 0 spiro atoms. The van der Waals surface area contributed by atoms with Crippen LogP contribution in [0.1, 0.15) is 44.6 Å². The molecule has 4 heteroatoms. The van der Waals surface area contributed by atoms with Crippen LogP contribution in [-0.4, -0.2) is 17.6 Å². The fourth-order valence-electron chi connectivity index (χ4n) is 2.57. The topological polar surface area (TPSA) is 49.3 Å². The Labute approximate surface area is 124 Å². The number of benzene rings is 1. The van der Waals surface area contributed by atoms with E-state index in [2.05, 4.69) is 17.2 Å². The first-order valence-corrected chi connectivity index (χ1v) is 7.26. The van der Waals surface area contributed by atoms with Crippen molar-refractivity contribution in [3.63, 3.8) is 0 Å². The van der Waals surface area contributed by atoms with Crippen LogP contribution < -0.4 is 5.32 Å². The van der Waals surface area contributed by atoms with E-state index in [4.69, 9.17) is 5.11 Å². The summed E-state index contributed by atoms with van der Waals surface area (Å²) in [4.78, 5) is 12.3. The number of rotatable bonds is 3. The molecule has 0 aliphatic heterocycles. The third-order valence-electron chi connectivity index (χ3n) is 3.94. The number of hydrogen-bond donors (Lipinski definition) is 2. The van der Waals surface area contributed by atoms with E-state index in [0.29, 0.717) is 12.1 Å². The molecule has 0 unspecified atom stereocenters. The summed E-state index contributed by atoms with van der Waals surface area (Å²) in [7, 11) is 0. The summed E-state index contributed by atoms with van der Waals surface area (Å²) in [5.74, 6) is 4.83. The van der Waals surface area contributed by atoms with Gasteiger partial charge in [0, 0.05) is 17.5 Å². The summed E-state index contributed by atoms with van der Waals surface area (Å²) >= 11 is 0. The first-order valence-electron chi connectivity index (χ1n) is 7.26. The third kappa shape index (κ3) is 3.83. The molecule has 2 rings (SSSR count). The van der Waals surface area contributed by atoms with E-state index in [1.54, 1.807) is 12.1 Å². The number of aliphatic hydroxyl groups is 1. The normalized spacial score (nSPS) is 16.1. The molecule has 1 fully saturated rings. The zero-order chi connectivity index (χ0) is 15.3. The SMILES string of the molecule is CC1(C(=O)Nc2ccc(C#CCCO)c(F)c2)CCCC1. The van der Waals surface area contributed by atoms with Gasteiger partial charge in [-0.1, -0.05) is 31.6 Å². The summed E-state index contributed by atoms with van der Waals surface area (Å²) in [5.41, 5.74) is 0.391. The zero-order valence-corrected chi connectivity index (χ0v) is 12.2. The first kappa shape index (κ1) is 15.5. The van der Waals surface area contributed by atoms with E-state index in [0.717, 1.165) is 25.7 Å². The largest absolute Gasteiger partial charge is 0.395 e. The maximum Gasteiger partial charge on any atom is 0.230 e. The highest BCUT2D eigenvalue weighted by atomic mass is 19.1. The van der Waals surface area contributed by atoms with Gasteiger partial charge in [-0.05, 0) is 31.0 Å². The van der Waals surface area contributed by atoms with Crippen molar-refractivity contribution < 1.29 is 14.3 Å².